The summed E-state index contributed by atoms with van der Waals surface area (Å²) in [4.78, 5) is 13.0. The number of nitrogens with zero attached hydrogens (tertiary/aromatic N) is 1. The van der Waals surface area contributed by atoms with Gasteiger partial charge in [0.2, 0.25) is 0 Å². The summed E-state index contributed by atoms with van der Waals surface area (Å²) in [6.45, 7) is 2.42. The molecule has 0 saturated carbocycles. The van der Waals surface area contributed by atoms with E-state index in [2.05, 4.69) is 0 Å². The van der Waals surface area contributed by atoms with Gasteiger partial charge in [0.1, 0.15) is 6.04 Å². The van der Waals surface area contributed by atoms with Crippen molar-refractivity contribution in [2.24, 2.45) is 0 Å². The molecule has 0 aliphatic rings. The zero-order chi connectivity index (χ0) is 15.1. The Balaban J connectivity index is 2.74. The number of rotatable bonds is 8. The topological polar surface area (TPSA) is 49.8 Å². The number of halogens is 1. The molecule has 0 heterocycles. The van der Waals surface area contributed by atoms with E-state index in [1.54, 1.807) is 24.1 Å². The molecular weight excluding hydrogens is 261 g/mol. The van der Waals surface area contributed by atoms with E-state index in [4.69, 9.17) is 4.74 Å². The molecule has 1 aromatic carbocycles. The summed E-state index contributed by atoms with van der Waals surface area (Å²) in [5, 5.41) is 9.25. The normalized spacial score (nSPS) is 12.4. The van der Waals surface area contributed by atoms with Gasteiger partial charge in [0, 0.05) is 6.54 Å². The smallest absolute Gasteiger partial charge is 0.320 e. The van der Waals surface area contributed by atoms with E-state index >= 15 is 0 Å². The summed E-state index contributed by atoms with van der Waals surface area (Å²) < 4.78 is 18.5. The van der Waals surface area contributed by atoms with Gasteiger partial charge in [0.25, 0.3) is 0 Å². The Morgan fingerprint density at radius 2 is 2.20 bits per heavy atom. The van der Waals surface area contributed by atoms with Crippen molar-refractivity contribution in [3.8, 4) is 5.75 Å². The van der Waals surface area contributed by atoms with Crippen molar-refractivity contribution < 1.29 is 19.0 Å². The maximum absolute atomic E-state index is 13.6. The second kappa shape index (κ2) is 7.85. The van der Waals surface area contributed by atoms with E-state index < -0.39 is 17.8 Å². The molecule has 20 heavy (non-hydrogen) atoms. The lowest BCUT2D eigenvalue weighted by atomic mass is 10.1. The molecule has 0 aliphatic heterocycles. The zero-order valence-electron chi connectivity index (χ0n) is 12.2. The number of carbonyl (C=O) groups is 1. The summed E-state index contributed by atoms with van der Waals surface area (Å²) >= 11 is 0. The molecule has 112 valence electrons. The second-order valence-electron chi connectivity index (χ2n) is 4.88. The molecule has 1 atom stereocenters. The van der Waals surface area contributed by atoms with Crippen LogP contribution in [0.2, 0.25) is 0 Å². The van der Waals surface area contributed by atoms with Crippen LogP contribution < -0.4 is 4.74 Å². The molecule has 0 bridgehead atoms. The number of likely N-dealkylation sites (N-methyl/N-ethyl adjacent to an activating group) is 1. The van der Waals surface area contributed by atoms with Crippen molar-refractivity contribution >= 4 is 5.97 Å². The number of carboxylic acids is 1. The lowest BCUT2D eigenvalue weighted by molar-refractivity contribution is -0.143. The summed E-state index contributed by atoms with van der Waals surface area (Å²) in [6.07, 6.45) is 2.41. The van der Waals surface area contributed by atoms with Crippen LogP contribution in [0.5, 0.6) is 5.75 Å². The van der Waals surface area contributed by atoms with Crippen molar-refractivity contribution in [3.05, 3.63) is 29.6 Å². The Hall–Kier alpha value is -1.62. The van der Waals surface area contributed by atoms with Gasteiger partial charge >= 0.3 is 5.97 Å². The minimum absolute atomic E-state index is 0.192. The quantitative estimate of drug-likeness (QED) is 0.797. The van der Waals surface area contributed by atoms with Crippen LogP contribution in [-0.2, 0) is 11.3 Å². The lowest BCUT2D eigenvalue weighted by Gasteiger charge is -2.24. The van der Waals surface area contributed by atoms with Crippen molar-refractivity contribution in [1.82, 2.24) is 4.90 Å². The van der Waals surface area contributed by atoms with Crippen molar-refractivity contribution in [3.63, 3.8) is 0 Å². The predicted molar refractivity (Wildman–Crippen MR) is 75.4 cm³/mol. The first-order valence-corrected chi connectivity index (χ1v) is 6.75. The molecule has 1 unspecified atom stereocenters. The molecule has 1 rings (SSSR count). The minimum atomic E-state index is -0.838. The fraction of sp³-hybridized carbons (Fsp3) is 0.533. The van der Waals surface area contributed by atoms with Gasteiger partial charge in [0.15, 0.2) is 11.6 Å². The number of ether oxygens (including phenoxy) is 1. The number of hydrogen-bond acceptors (Lipinski definition) is 3. The highest BCUT2D eigenvalue weighted by atomic mass is 19.1. The molecule has 1 N–H and O–H groups in total. The Kier molecular flexibility index (Phi) is 6.45. The molecule has 0 fully saturated rings. The predicted octanol–water partition coefficient (Wildman–Crippen LogP) is 2.91. The Labute approximate surface area is 119 Å². The number of benzene rings is 1. The summed E-state index contributed by atoms with van der Waals surface area (Å²) in [5.41, 5.74) is 0.730. The molecule has 4 nitrogen and oxygen atoms in total. The molecule has 0 aromatic heterocycles. The number of methoxy groups -OCH3 is 1. The van der Waals surface area contributed by atoms with Gasteiger partial charge < -0.3 is 9.84 Å². The maximum atomic E-state index is 13.6. The van der Waals surface area contributed by atoms with Crippen molar-refractivity contribution in [2.75, 3.05) is 14.2 Å². The second-order valence-corrected chi connectivity index (χ2v) is 4.88. The van der Waals surface area contributed by atoms with Gasteiger partial charge in [-0.05, 0) is 31.2 Å². The van der Waals surface area contributed by atoms with Crippen LogP contribution >= 0.6 is 0 Å². The first kappa shape index (κ1) is 16.4. The summed E-state index contributed by atoms with van der Waals surface area (Å²) in [7, 11) is 3.16. The average molecular weight is 283 g/mol. The standard InChI is InChI=1S/C15H22FNO3/c1-4-5-6-13(15(18)19)17(2)10-11-7-8-14(20-3)12(16)9-11/h7-9,13H,4-6,10H2,1-3H3,(H,18,19). The average Bonchev–Trinajstić information content (AvgIpc) is 2.39. The van der Waals surface area contributed by atoms with Gasteiger partial charge in [-0.3, -0.25) is 9.69 Å². The Morgan fingerprint density at radius 1 is 1.50 bits per heavy atom. The highest BCUT2D eigenvalue weighted by Gasteiger charge is 2.22. The summed E-state index contributed by atoms with van der Waals surface area (Å²) in [5.74, 6) is -1.08. The van der Waals surface area contributed by atoms with Crippen molar-refractivity contribution in [1.29, 1.82) is 0 Å². The maximum Gasteiger partial charge on any atom is 0.320 e. The molecule has 0 spiro atoms. The van der Waals surface area contributed by atoms with Crippen LogP contribution in [0.15, 0.2) is 18.2 Å². The van der Waals surface area contributed by atoms with Gasteiger partial charge in [-0.1, -0.05) is 25.8 Å². The first-order valence-electron chi connectivity index (χ1n) is 6.75. The van der Waals surface area contributed by atoms with Crippen LogP contribution in [0, 0.1) is 5.82 Å². The molecule has 5 heteroatoms. The third-order valence-corrected chi connectivity index (χ3v) is 3.30. The van der Waals surface area contributed by atoms with Crippen LogP contribution in [0.4, 0.5) is 4.39 Å². The Morgan fingerprint density at radius 3 is 2.70 bits per heavy atom. The van der Waals surface area contributed by atoms with Crippen LogP contribution in [0.1, 0.15) is 31.7 Å². The van der Waals surface area contributed by atoms with Crippen LogP contribution in [0.3, 0.4) is 0 Å². The van der Waals surface area contributed by atoms with E-state index in [1.165, 1.54) is 13.2 Å². The lowest BCUT2D eigenvalue weighted by Crippen LogP contribution is -2.37. The SMILES string of the molecule is CCCCC(C(=O)O)N(C)Cc1ccc(OC)c(F)c1. The largest absolute Gasteiger partial charge is 0.494 e. The highest BCUT2D eigenvalue weighted by molar-refractivity contribution is 5.73. The van der Waals surface area contributed by atoms with E-state index in [1.807, 2.05) is 6.92 Å². The highest BCUT2D eigenvalue weighted by Crippen LogP contribution is 2.19. The number of carboxylic acid groups (broad SMARTS) is 1. The van der Waals surface area contributed by atoms with Gasteiger partial charge in [-0.15, -0.1) is 0 Å². The number of hydrogen-bond donors (Lipinski definition) is 1. The molecular formula is C15H22FNO3. The molecule has 1 aromatic rings. The number of aliphatic carboxylic acids is 1. The molecule has 0 saturated heterocycles. The number of unbranched alkanes of at least 4 members (excludes halogenated alkanes) is 1. The monoisotopic (exact) mass is 283 g/mol. The van der Waals surface area contributed by atoms with Gasteiger partial charge in [-0.2, -0.15) is 0 Å². The van der Waals surface area contributed by atoms with E-state index in [0.717, 1.165) is 18.4 Å². The first-order chi connectivity index (χ1) is 9.49. The molecule has 0 radical (unpaired) electrons. The van der Waals surface area contributed by atoms with Gasteiger partial charge in [0.05, 0.1) is 7.11 Å². The Bertz CT molecular complexity index is 451. The third kappa shape index (κ3) is 4.49. The summed E-state index contributed by atoms with van der Waals surface area (Å²) in [6, 6.07) is 4.14. The zero-order valence-corrected chi connectivity index (χ0v) is 12.2. The molecule has 0 amide bonds. The third-order valence-electron chi connectivity index (χ3n) is 3.30. The fourth-order valence-electron chi connectivity index (χ4n) is 2.14. The minimum Gasteiger partial charge on any atom is -0.494 e. The van der Waals surface area contributed by atoms with E-state index in [0.29, 0.717) is 13.0 Å². The van der Waals surface area contributed by atoms with Crippen LogP contribution in [-0.4, -0.2) is 36.2 Å². The van der Waals surface area contributed by atoms with Crippen molar-refractivity contribution in [2.45, 2.75) is 38.8 Å². The van der Waals surface area contributed by atoms with E-state index in [-0.39, 0.29) is 5.75 Å². The van der Waals surface area contributed by atoms with Gasteiger partial charge in [-0.25, -0.2) is 4.39 Å². The molecule has 0 aliphatic carbocycles. The van der Waals surface area contributed by atoms with E-state index in [9.17, 15) is 14.3 Å². The van der Waals surface area contributed by atoms with Crippen LogP contribution in [0.25, 0.3) is 0 Å². The fourth-order valence-corrected chi connectivity index (χ4v) is 2.14.